The summed E-state index contributed by atoms with van der Waals surface area (Å²) >= 11 is 0. The Labute approximate surface area is 171 Å². The molecule has 1 fully saturated rings. The van der Waals surface area contributed by atoms with E-state index in [1.165, 1.54) is 12.1 Å². The molecule has 1 atom stereocenters. The molecular weight excluding hydrogens is 365 g/mol. The van der Waals surface area contributed by atoms with E-state index in [0.717, 1.165) is 54.8 Å². The second kappa shape index (κ2) is 8.37. The first-order valence-corrected chi connectivity index (χ1v) is 10.4. The third-order valence-electron chi connectivity index (χ3n) is 6.13. The molecule has 0 bridgehead atoms. The molecule has 2 heterocycles. The maximum absolute atomic E-state index is 13.5. The molecule has 4 nitrogen and oxygen atoms in total. The van der Waals surface area contributed by atoms with Gasteiger partial charge in [0.15, 0.2) is 0 Å². The zero-order valence-electron chi connectivity index (χ0n) is 17.1. The highest BCUT2D eigenvalue weighted by Crippen LogP contribution is 2.35. The van der Waals surface area contributed by atoms with Crippen LogP contribution < -0.4 is 0 Å². The second-order valence-electron chi connectivity index (χ2n) is 7.84. The van der Waals surface area contributed by atoms with Crippen molar-refractivity contribution in [3.05, 3.63) is 71.7 Å². The molecule has 2 aromatic carbocycles. The van der Waals surface area contributed by atoms with E-state index in [9.17, 15) is 9.18 Å². The van der Waals surface area contributed by atoms with E-state index in [0.29, 0.717) is 6.42 Å². The number of likely N-dealkylation sites (N-methyl/N-ethyl adjacent to an activating group) is 1. The first-order chi connectivity index (χ1) is 14.1. The number of aryl methyl sites for hydroxylation is 1. The van der Waals surface area contributed by atoms with Crippen LogP contribution in [0.25, 0.3) is 10.9 Å². The van der Waals surface area contributed by atoms with Crippen molar-refractivity contribution in [1.29, 1.82) is 0 Å². The quantitative estimate of drug-likeness (QED) is 0.655. The molecule has 1 unspecified atom stereocenters. The lowest BCUT2D eigenvalue weighted by atomic mass is 9.87. The zero-order chi connectivity index (χ0) is 20.4. The summed E-state index contributed by atoms with van der Waals surface area (Å²) in [5.74, 6) is -0.186. The number of nitrogens with zero attached hydrogens (tertiary/aromatic N) is 3. The standard InChI is InChI=1S/C24H28FN3O/c1-3-27-12-14-28(15-13-27)24(29)16-21(18-8-10-19(25)11-9-18)22-17-26(2)23-7-5-4-6-20(22)23/h4-11,17,21H,3,12-16H2,1-2H3. The fourth-order valence-electron chi connectivity index (χ4n) is 4.37. The minimum absolute atomic E-state index is 0.0987. The number of hydrogen-bond acceptors (Lipinski definition) is 2. The normalized spacial score (nSPS) is 16.3. The van der Waals surface area contributed by atoms with E-state index in [1.54, 1.807) is 0 Å². The van der Waals surface area contributed by atoms with Gasteiger partial charge < -0.3 is 14.4 Å². The zero-order valence-corrected chi connectivity index (χ0v) is 17.1. The predicted molar refractivity (Wildman–Crippen MR) is 114 cm³/mol. The first-order valence-electron chi connectivity index (χ1n) is 10.4. The molecule has 1 aromatic heterocycles. The molecule has 1 aliphatic heterocycles. The minimum Gasteiger partial charge on any atom is -0.350 e. The van der Waals surface area contributed by atoms with Crippen LogP contribution in [0.4, 0.5) is 4.39 Å². The molecule has 0 aliphatic carbocycles. The maximum Gasteiger partial charge on any atom is 0.223 e. The van der Waals surface area contributed by atoms with Gasteiger partial charge >= 0.3 is 0 Å². The summed E-state index contributed by atoms with van der Waals surface area (Å²) in [6, 6.07) is 14.8. The molecule has 3 aromatic rings. The Morgan fingerprint density at radius 1 is 1.03 bits per heavy atom. The van der Waals surface area contributed by atoms with E-state index in [1.807, 2.05) is 36.2 Å². The highest BCUT2D eigenvalue weighted by molar-refractivity contribution is 5.86. The van der Waals surface area contributed by atoms with Crippen LogP contribution in [0.2, 0.25) is 0 Å². The number of para-hydroxylation sites is 1. The number of benzene rings is 2. The van der Waals surface area contributed by atoms with Gasteiger partial charge in [0.05, 0.1) is 0 Å². The van der Waals surface area contributed by atoms with Gasteiger partial charge in [-0.15, -0.1) is 0 Å². The third kappa shape index (κ3) is 4.06. The van der Waals surface area contributed by atoms with E-state index in [2.05, 4.69) is 34.7 Å². The SMILES string of the molecule is CCN1CCN(C(=O)CC(c2ccc(F)cc2)c2cn(C)c3ccccc23)CC1. The maximum atomic E-state index is 13.5. The van der Waals surface area contributed by atoms with Crippen molar-refractivity contribution < 1.29 is 9.18 Å². The lowest BCUT2D eigenvalue weighted by molar-refractivity contribution is -0.133. The fraction of sp³-hybridized carbons (Fsp3) is 0.375. The molecule has 1 aliphatic rings. The third-order valence-corrected chi connectivity index (χ3v) is 6.13. The molecule has 29 heavy (non-hydrogen) atoms. The fourth-order valence-corrected chi connectivity index (χ4v) is 4.37. The van der Waals surface area contributed by atoms with Gasteiger partial charge in [-0.3, -0.25) is 4.79 Å². The Balaban J connectivity index is 1.66. The Bertz CT molecular complexity index is 987. The monoisotopic (exact) mass is 393 g/mol. The Morgan fingerprint density at radius 3 is 2.41 bits per heavy atom. The second-order valence-corrected chi connectivity index (χ2v) is 7.84. The van der Waals surface area contributed by atoms with E-state index in [4.69, 9.17) is 0 Å². The molecule has 152 valence electrons. The highest BCUT2D eigenvalue weighted by atomic mass is 19.1. The van der Waals surface area contributed by atoms with Crippen LogP contribution in [0.15, 0.2) is 54.7 Å². The Morgan fingerprint density at radius 2 is 1.72 bits per heavy atom. The van der Waals surface area contributed by atoms with Crippen LogP contribution in [-0.4, -0.2) is 53.0 Å². The van der Waals surface area contributed by atoms with Crippen LogP contribution in [0.3, 0.4) is 0 Å². The number of piperazine rings is 1. The van der Waals surface area contributed by atoms with Crippen molar-refractivity contribution in [2.45, 2.75) is 19.3 Å². The number of carbonyl (C=O) groups excluding carboxylic acids is 1. The molecule has 0 saturated carbocycles. The molecule has 4 rings (SSSR count). The molecule has 0 N–H and O–H groups in total. The smallest absolute Gasteiger partial charge is 0.223 e. The first kappa shape index (κ1) is 19.6. The summed E-state index contributed by atoms with van der Waals surface area (Å²) in [6.07, 6.45) is 2.51. The molecule has 0 radical (unpaired) electrons. The van der Waals surface area contributed by atoms with Gasteiger partial charge in [0.1, 0.15) is 5.82 Å². The van der Waals surface area contributed by atoms with Crippen molar-refractivity contribution in [3.63, 3.8) is 0 Å². The molecule has 0 spiro atoms. The van der Waals surface area contributed by atoms with E-state index in [-0.39, 0.29) is 17.6 Å². The number of amides is 1. The van der Waals surface area contributed by atoms with Crippen molar-refractivity contribution in [2.24, 2.45) is 7.05 Å². The summed E-state index contributed by atoms with van der Waals surface area (Å²) in [4.78, 5) is 17.5. The van der Waals surface area contributed by atoms with Gasteiger partial charge in [-0.25, -0.2) is 4.39 Å². The van der Waals surface area contributed by atoms with Crippen molar-refractivity contribution in [2.75, 3.05) is 32.7 Å². The van der Waals surface area contributed by atoms with E-state index >= 15 is 0 Å². The van der Waals surface area contributed by atoms with Crippen LogP contribution in [0.5, 0.6) is 0 Å². The van der Waals surface area contributed by atoms with E-state index < -0.39 is 0 Å². The van der Waals surface area contributed by atoms with Gasteiger partial charge in [0.2, 0.25) is 5.91 Å². The average Bonchev–Trinajstić information content (AvgIpc) is 3.09. The largest absolute Gasteiger partial charge is 0.350 e. The van der Waals surface area contributed by atoms with Gasteiger partial charge in [0, 0.05) is 62.7 Å². The molecular formula is C24H28FN3O. The number of halogens is 1. The summed E-state index contributed by atoms with van der Waals surface area (Å²) in [6.45, 7) is 6.59. The molecule has 5 heteroatoms. The average molecular weight is 394 g/mol. The lowest BCUT2D eigenvalue weighted by Gasteiger charge is -2.34. The Kier molecular flexibility index (Phi) is 5.67. The minimum atomic E-state index is -0.257. The highest BCUT2D eigenvalue weighted by Gasteiger charge is 2.26. The molecule has 1 amide bonds. The van der Waals surface area contributed by atoms with Crippen molar-refractivity contribution >= 4 is 16.8 Å². The van der Waals surface area contributed by atoms with Crippen LogP contribution >= 0.6 is 0 Å². The molecule has 1 saturated heterocycles. The van der Waals surface area contributed by atoms with Gasteiger partial charge in [-0.1, -0.05) is 37.3 Å². The number of aromatic nitrogens is 1. The van der Waals surface area contributed by atoms with Crippen LogP contribution in [0.1, 0.15) is 30.4 Å². The van der Waals surface area contributed by atoms with Crippen molar-refractivity contribution in [3.8, 4) is 0 Å². The summed E-state index contributed by atoms with van der Waals surface area (Å²) < 4.78 is 15.7. The Hall–Kier alpha value is -2.66. The van der Waals surface area contributed by atoms with Gasteiger partial charge in [0.25, 0.3) is 0 Å². The number of fused-ring (bicyclic) bond motifs is 1. The van der Waals surface area contributed by atoms with Gasteiger partial charge in [-0.2, -0.15) is 0 Å². The lowest BCUT2D eigenvalue weighted by Crippen LogP contribution is -2.48. The van der Waals surface area contributed by atoms with Crippen molar-refractivity contribution in [1.82, 2.24) is 14.4 Å². The number of carbonyl (C=O) groups is 1. The number of hydrogen-bond donors (Lipinski definition) is 0. The number of rotatable bonds is 5. The summed E-state index contributed by atoms with van der Waals surface area (Å²) in [7, 11) is 2.03. The predicted octanol–water partition coefficient (Wildman–Crippen LogP) is 4.00. The summed E-state index contributed by atoms with van der Waals surface area (Å²) in [5, 5.41) is 1.15. The van der Waals surface area contributed by atoms with Gasteiger partial charge in [-0.05, 0) is 35.9 Å². The van der Waals surface area contributed by atoms with Crippen LogP contribution in [-0.2, 0) is 11.8 Å². The topological polar surface area (TPSA) is 28.5 Å². The summed E-state index contributed by atoms with van der Waals surface area (Å²) in [5.41, 5.74) is 3.23. The van der Waals surface area contributed by atoms with Crippen LogP contribution in [0, 0.1) is 5.82 Å².